The zero-order valence-corrected chi connectivity index (χ0v) is 10.7. The summed E-state index contributed by atoms with van der Waals surface area (Å²) in [6, 6.07) is 5.58. The third kappa shape index (κ3) is 3.23. The predicted molar refractivity (Wildman–Crippen MR) is 70.8 cm³/mol. The summed E-state index contributed by atoms with van der Waals surface area (Å²) in [6.45, 7) is 3.62. The molecule has 0 aromatic heterocycles. The van der Waals surface area contributed by atoms with E-state index in [2.05, 4.69) is 10.6 Å². The SMILES string of the molecule is Cc1ccc(O)c(C(=O)NCC[C@@H]2CCCN2)c1. The minimum Gasteiger partial charge on any atom is -0.507 e. The highest BCUT2D eigenvalue weighted by atomic mass is 16.3. The molecule has 0 aliphatic carbocycles. The Balaban J connectivity index is 1.85. The van der Waals surface area contributed by atoms with Crippen LogP contribution in [0.1, 0.15) is 35.2 Å². The van der Waals surface area contributed by atoms with Crippen molar-refractivity contribution in [2.24, 2.45) is 0 Å². The number of nitrogens with one attached hydrogen (secondary N) is 2. The lowest BCUT2D eigenvalue weighted by Crippen LogP contribution is -2.30. The van der Waals surface area contributed by atoms with E-state index in [1.54, 1.807) is 18.2 Å². The van der Waals surface area contributed by atoms with Crippen LogP contribution in [0.4, 0.5) is 0 Å². The molecule has 0 radical (unpaired) electrons. The molecule has 1 heterocycles. The van der Waals surface area contributed by atoms with Gasteiger partial charge in [0, 0.05) is 12.6 Å². The van der Waals surface area contributed by atoms with Crippen molar-refractivity contribution in [3.8, 4) is 5.75 Å². The van der Waals surface area contributed by atoms with E-state index in [0.29, 0.717) is 18.2 Å². The summed E-state index contributed by atoms with van der Waals surface area (Å²) in [5.41, 5.74) is 1.32. The highest BCUT2D eigenvalue weighted by Gasteiger charge is 2.15. The van der Waals surface area contributed by atoms with E-state index in [-0.39, 0.29) is 11.7 Å². The maximum atomic E-state index is 11.9. The van der Waals surface area contributed by atoms with Crippen LogP contribution in [0.5, 0.6) is 5.75 Å². The van der Waals surface area contributed by atoms with Crippen molar-refractivity contribution in [3.63, 3.8) is 0 Å². The molecule has 0 unspecified atom stereocenters. The molecule has 0 saturated carbocycles. The minimum absolute atomic E-state index is 0.0390. The molecular formula is C14H20N2O2. The molecule has 1 atom stereocenters. The molecule has 1 aromatic rings. The summed E-state index contributed by atoms with van der Waals surface area (Å²) < 4.78 is 0. The normalized spacial score (nSPS) is 18.8. The summed E-state index contributed by atoms with van der Waals surface area (Å²) in [5.74, 6) is -0.161. The van der Waals surface area contributed by atoms with Gasteiger partial charge in [-0.1, -0.05) is 11.6 Å². The Kier molecular flexibility index (Phi) is 4.20. The van der Waals surface area contributed by atoms with Gasteiger partial charge in [-0.05, 0) is 44.9 Å². The van der Waals surface area contributed by atoms with Crippen molar-refractivity contribution >= 4 is 5.91 Å². The molecule has 4 nitrogen and oxygen atoms in total. The summed E-state index contributed by atoms with van der Waals surface area (Å²) in [5, 5.41) is 15.9. The minimum atomic E-state index is -0.200. The van der Waals surface area contributed by atoms with Crippen LogP contribution in [-0.4, -0.2) is 30.1 Å². The van der Waals surface area contributed by atoms with E-state index in [1.165, 1.54) is 12.8 Å². The predicted octanol–water partition coefficient (Wildman–Crippen LogP) is 1.57. The van der Waals surface area contributed by atoms with Crippen molar-refractivity contribution in [1.82, 2.24) is 10.6 Å². The molecule has 0 bridgehead atoms. The van der Waals surface area contributed by atoms with Crippen LogP contribution in [0.3, 0.4) is 0 Å². The van der Waals surface area contributed by atoms with Gasteiger partial charge < -0.3 is 15.7 Å². The number of carbonyl (C=O) groups excluding carboxylic acids is 1. The Bertz CT molecular complexity index is 426. The van der Waals surface area contributed by atoms with E-state index >= 15 is 0 Å². The fourth-order valence-corrected chi connectivity index (χ4v) is 2.29. The summed E-state index contributed by atoms with van der Waals surface area (Å²) in [7, 11) is 0. The number of hydrogen-bond acceptors (Lipinski definition) is 3. The lowest BCUT2D eigenvalue weighted by atomic mass is 10.1. The number of amides is 1. The molecule has 1 fully saturated rings. The van der Waals surface area contributed by atoms with Gasteiger partial charge in [-0.3, -0.25) is 4.79 Å². The van der Waals surface area contributed by atoms with Gasteiger partial charge in [0.05, 0.1) is 5.56 Å². The number of phenolic OH excluding ortho intramolecular Hbond substituents is 1. The second kappa shape index (κ2) is 5.87. The van der Waals surface area contributed by atoms with Gasteiger partial charge in [-0.15, -0.1) is 0 Å². The van der Waals surface area contributed by atoms with Crippen LogP contribution in [0, 0.1) is 6.92 Å². The monoisotopic (exact) mass is 248 g/mol. The van der Waals surface area contributed by atoms with E-state index in [0.717, 1.165) is 18.5 Å². The van der Waals surface area contributed by atoms with Crippen LogP contribution in [-0.2, 0) is 0 Å². The summed E-state index contributed by atoms with van der Waals surface area (Å²) in [4.78, 5) is 11.9. The number of aromatic hydroxyl groups is 1. The molecule has 3 N–H and O–H groups in total. The zero-order chi connectivity index (χ0) is 13.0. The summed E-state index contributed by atoms with van der Waals surface area (Å²) >= 11 is 0. The van der Waals surface area contributed by atoms with Gasteiger partial charge in [0.2, 0.25) is 0 Å². The third-order valence-electron chi connectivity index (χ3n) is 3.34. The molecule has 2 rings (SSSR count). The quantitative estimate of drug-likeness (QED) is 0.758. The van der Waals surface area contributed by atoms with E-state index in [1.807, 2.05) is 6.92 Å². The molecule has 0 spiro atoms. The molecule has 1 aromatic carbocycles. The third-order valence-corrected chi connectivity index (χ3v) is 3.34. The maximum absolute atomic E-state index is 11.9. The first-order valence-electron chi connectivity index (χ1n) is 6.48. The molecule has 1 aliphatic heterocycles. The Morgan fingerprint density at radius 1 is 1.56 bits per heavy atom. The second-order valence-corrected chi connectivity index (χ2v) is 4.86. The molecule has 1 saturated heterocycles. The Hall–Kier alpha value is -1.55. The maximum Gasteiger partial charge on any atom is 0.255 e. The van der Waals surface area contributed by atoms with E-state index in [4.69, 9.17) is 0 Å². The number of hydrogen-bond donors (Lipinski definition) is 3. The highest BCUT2D eigenvalue weighted by molar-refractivity contribution is 5.96. The van der Waals surface area contributed by atoms with Crippen LogP contribution in [0.25, 0.3) is 0 Å². The van der Waals surface area contributed by atoms with Crippen molar-refractivity contribution in [2.75, 3.05) is 13.1 Å². The van der Waals surface area contributed by atoms with Crippen molar-refractivity contribution < 1.29 is 9.90 Å². The van der Waals surface area contributed by atoms with Crippen molar-refractivity contribution in [3.05, 3.63) is 29.3 Å². The highest BCUT2D eigenvalue weighted by Crippen LogP contribution is 2.18. The van der Waals surface area contributed by atoms with E-state index in [9.17, 15) is 9.90 Å². The lowest BCUT2D eigenvalue weighted by molar-refractivity contribution is 0.0949. The molecule has 4 heteroatoms. The van der Waals surface area contributed by atoms with Gasteiger partial charge in [0.1, 0.15) is 5.75 Å². The number of rotatable bonds is 4. The number of aryl methyl sites for hydroxylation is 1. The zero-order valence-electron chi connectivity index (χ0n) is 10.7. The first-order chi connectivity index (χ1) is 8.66. The second-order valence-electron chi connectivity index (χ2n) is 4.86. The van der Waals surface area contributed by atoms with Crippen molar-refractivity contribution in [1.29, 1.82) is 0 Å². The molecule has 98 valence electrons. The number of carbonyl (C=O) groups is 1. The Labute approximate surface area is 107 Å². The van der Waals surface area contributed by atoms with Gasteiger partial charge in [0.25, 0.3) is 5.91 Å². The Morgan fingerprint density at radius 2 is 2.39 bits per heavy atom. The van der Waals surface area contributed by atoms with Gasteiger partial charge in [0.15, 0.2) is 0 Å². The van der Waals surface area contributed by atoms with Gasteiger partial charge >= 0.3 is 0 Å². The standard InChI is InChI=1S/C14H20N2O2/c1-10-4-5-13(17)12(9-10)14(18)16-8-6-11-3-2-7-15-11/h4-5,9,11,15,17H,2-3,6-8H2,1H3,(H,16,18)/t11-/m0/s1. The van der Waals surface area contributed by atoms with Crippen LogP contribution >= 0.6 is 0 Å². The number of phenols is 1. The average molecular weight is 248 g/mol. The largest absolute Gasteiger partial charge is 0.507 e. The molecule has 1 amide bonds. The van der Waals surface area contributed by atoms with Crippen molar-refractivity contribution in [2.45, 2.75) is 32.2 Å². The first-order valence-corrected chi connectivity index (χ1v) is 6.48. The fraction of sp³-hybridized carbons (Fsp3) is 0.500. The Morgan fingerprint density at radius 3 is 3.11 bits per heavy atom. The molecule has 18 heavy (non-hydrogen) atoms. The van der Waals surface area contributed by atoms with Gasteiger partial charge in [-0.25, -0.2) is 0 Å². The first kappa shape index (κ1) is 12.9. The van der Waals surface area contributed by atoms with Crippen LogP contribution in [0.2, 0.25) is 0 Å². The molecular weight excluding hydrogens is 228 g/mol. The topological polar surface area (TPSA) is 61.4 Å². The van der Waals surface area contributed by atoms with Gasteiger partial charge in [-0.2, -0.15) is 0 Å². The van der Waals surface area contributed by atoms with Crippen LogP contribution in [0.15, 0.2) is 18.2 Å². The lowest BCUT2D eigenvalue weighted by Gasteiger charge is -2.11. The molecule has 1 aliphatic rings. The van der Waals surface area contributed by atoms with Crippen LogP contribution < -0.4 is 10.6 Å². The average Bonchev–Trinajstić information content (AvgIpc) is 2.85. The number of benzene rings is 1. The van der Waals surface area contributed by atoms with E-state index < -0.39 is 0 Å². The summed E-state index contributed by atoms with van der Waals surface area (Å²) in [6.07, 6.45) is 3.35. The fourth-order valence-electron chi connectivity index (χ4n) is 2.29. The smallest absolute Gasteiger partial charge is 0.255 e.